The average molecular weight is 269 g/mol. The molecule has 5 nitrogen and oxygen atoms in total. The molecule has 0 bridgehead atoms. The summed E-state index contributed by atoms with van der Waals surface area (Å²) in [6.07, 6.45) is 1.95. The Hall–Kier alpha value is -1.40. The maximum absolute atomic E-state index is 11.6. The number of hydrogen-bond acceptors (Lipinski definition) is 4. The summed E-state index contributed by atoms with van der Waals surface area (Å²) in [6, 6.07) is 2.87. The number of thiophene rings is 1. The van der Waals surface area contributed by atoms with Gasteiger partial charge in [-0.15, -0.1) is 11.3 Å². The fourth-order valence-electron chi connectivity index (χ4n) is 1.69. The molecule has 0 aliphatic rings. The van der Waals surface area contributed by atoms with E-state index in [0.717, 1.165) is 12.8 Å². The highest BCUT2D eigenvalue weighted by atomic mass is 32.1. The van der Waals surface area contributed by atoms with Crippen LogP contribution in [-0.2, 0) is 4.79 Å². The van der Waals surface area contributed by atoms with E-state index in [1.807, 2.05) is 17.5 Å². The summed E-state index contributed by atoms with van der Waals surface area (Å²) in [7, 11) is 0. The molecule has 4 N–H and O–H groups in total. The van der Waals surface area contributed by atoms with Crippen molar-refractivity contribution in [3.05, 3.63) is 22.4 Å². The first-order valence-corrected chi connectivity index (χ1v) is 6.82. The fourth-order valence-corrected chi connectivity index (χ4v) is 2.51. The zero-order valence-electron chi connectivity index (χ0n) is 10.6. The second-order valence-electron chi connectivity index (χ2n) is 4.10. The zero-order valence-corrected chi connectivity index (χ0v) is 11.4. The molecule has 1 aromatic rings. The summed E-state index contributed by atoms with van der Waals surface area (Å²) in [4.78, 5) is 23.4. The van der Waals surface area contributed by atoms with Gasteiger partial charge in [-0.05, 0) is 24.8 Å². The number of carbonyl (C=O) groups is 2. The minimum absolute atomic E-state index is 0.128. The molecular formula is C12H19N3O2S. The van der Waals surface area contributed by atoms with Crippen molar-refractivity contribution in [1.29, 1.82) is 0 Å². The van der Waals surface area contributed by atoms with Gasteiger partial charge < -0.3 is 5.73 Å². The van der Waals surface area contributed by atoms with Gasteiger partial charge in [0.15, 0.2) is 0 Å². The third kappa shape index (κ3) is 4.46. The van der Waals surface area contributed by atoms with E-state index in [2.05, 4.69) is 17.6 Å². The number of imide groups is 1. The molecule has 1 heterocycles. The maximum Gasteiger partial charge on any atom is 0.318 e. The molecule has 3 amide bonds. The molecule has 1 rings (SSSR count). The van der Waals surface area contributed by atoms with Crippen LogP contribution in [0, 0.1) is 0 Å². The van der Waals surface area contributed by atoms with Gasteiger partial charge in [0, 0.05) is 10.9 Å². The molecule has 0 aromatic carbocycles. The molecule has 0 aliphatic heterocycles. The van der Waals surface area contributed by atoms with Crippen LogP contribution in [0.1, 0.15) is 37.6 Å². The molecule has 0 saturated heterocycles. The van der Waals surface area contributed by atoms with Crippen LogP contribution in [0.25, 0.3) is 0 Å². The molecule has 0 spiro atoms. The number of rotatable bonds is 6. The molecule has 0 aliphatic carbocycles. The van der Waals surface area contributed by atoms with Gasteiger partial charge in [0.1, 0.15) is 0 Å². The van der Waals surface area contributed by atoms with Crippen molar-refractivity contribution in [3.8, 4) is 0 Å². The monoisotopic (exact) mass is 269 g/mol. The molecule has 0 fully saturated rings. The zero-order chi connectivity index (χ0) is 13.5. The predicted molar refractivity (Wildman–Crippen MR) is 72.3 cm³/mol. The Labute approximate surface area is 111 Å². The Morgan fingerprint density at radius 3 is 2.72 bits per heavy atom. The van der Waals surface area contributed by atoms with Crippen molar-refractivity contribution in [2.45, 2.75) is 38.8 Å². The van der Waals surface area contributed by atoms with Crippen LogP contribution < -0.4 is 16.4 Å². The number of amides is 3. The third-order valence-electron chi connectivity index (χ3n) is 2.55. The van der Waals surface area contributed by atoms with E-state index in [0.29, 0.717) is 0 Å². The molecular weight excluding hydrogens is 250 g/mol. The number of hydrogen-bond donors (Lipinski definition) is 3. The summed E-state index contributed by atoms with van der Waals surface area (Å²) in [5, 5.41) is 7.30. The van der Waals surface area contributed by atoms with E-state index in [1.165, 1.54) is 4.88 Å². The quantitative estimate of drug-likeness (QED) is 0.735. The smallest absolute Gasteiger partial charge is 0.318 e. The lowest BCUT2D eigenvalue weighted by atomic mass is 10.1. The molecule has 0 saturated carbocycles. The van der Waals surface area contributed by atoms with Crippen molar-refractivity contribution in [3.63, 3.8) is 0 Å². The first kappa shape index (κ1) is 14.7. The normalized spacial score (nSPS) is 13.9. The van der Waals surface area contributed by atoms with E-state index >= 15 is 0 Å². The molecule has 100 valence electrons. The van der Waals surface area contributed by atoms with Crippen LogP contribution >= 0.6 is 11.3 Å². The standard InChI is InChI=1S/C12H19N3O2S/c1-3-5-9(10-6-4-7-18-10)14-8(2)11(16)15-12(13)17/h4,6-9,14H,3,5H2,1-2H3,(H3,13,15,16,17). The minimum Gasteiger partial charge on any atom is -0.351 e. The summed E-state index contributed by atoms with van der Waals surface area (Å²) in [5.74, 6) is -0.403. The highest BCUT2D eigenvalue weighted by Crippen LogP contribution is 2.23. The average Bonchev–Trinajstić information content (AvgIpc) is 2.80. The Morgan fingerprint density at radius 2 is 2.22 bits per heavy atom. The number of urea groups is 1. The number of primary amides is 1. The Morgan fingerprint density at radius 1 is 1.50 bits per heavy atom. The summed E-state index contributed by atoms with van der Waals surface area (Å²) in [5.41, 5.74) is 4.92. The van der Waals surface area contributed by atoms with Crippen LogP contribution in [0.2, 0.25) is 0 Å². The Balaban J connectivity index is 2.61. The molecule has 2 unspecified atom stereocenters. The first-order chi connectivity index (χ1) is 8.54. The largest absolute Gasteiger partial charge is 0.351 e. The Bertz CT molecular complexity index is 392. The van der Waals surface area contributed by atoms with E-state index < -0.39 is 18.0 Å². The summed E-state index contributed by atoms with van der Waals surface area (Å²) < 4.78 is 0. The number of nitrogens with one attached hydrogen (secondary N) is 2. The molecule has 2 atom stereocenters. The minimum atomic E-state index is -0.822. The van der Waals surface area contributed by atoms with Crippen LogP contribution in [0.4, 0.5) is 4.79 Å². The third-order valence-corrected chi connectivity index (χ3v) is 3.54. The lowest BCUT2D eigenvalue weighted by Crippen LogP contribution is -2.47. The van der Waals surface area contributed by atoms with E-state index in [9.17, 15) is 9.59 Å². The lowest BCUT2D eigenvalue weighted by Gasteiger charge is -2.21. The van der Waals surface area contributed by atoms with Gasteiger partial charge in [-0.25, -0.2) is 4.79 Å². The Kier molecular flexibility index (Phi) is 5.80. The van der Waals surface area contributed by atoms with Crippen molar-refractivity contribution in [1.82, 2.24) is 10.6 Å². The number of carbonyl (C=O) groups excluding carboxylic acids is 2. The lowest BCUT2D eigenvalue weighted by molar-refractivity contribution is -0.121. The summed E-state index contributed by atoms with van der Waals surface area (Å²) >= 11 is 1.65. The number of nitrogens with two attached hydrogens (primary N) is 1. The highest BCUT2D eigenvalue weighted by molar-refractivity contribution is 7.10. The van der Waals surface area contributed by atoms with Crippen LogP contribution in [0.5, 0.6) is 0 Å². The van der Waals surface area contributed by atoms with E-state index in [-0.39, 0.29) is 6.04 Å². The molecule has 1 aromatic heterocycles. The van der Waals surface area contributed by atoms with E-state index in [1.54, 1.807) is 18.3 Å². The SMILES string of the molecule is CCCC(NC(C)C(=O)NC(N)=O)c1cccs1. The van der Waals surface area contributed by atoms with Crippen molar-refractivity contribution < 1.29 is 9.59 Å². The second kappa shape index (κ2) is 7.13. The van der Waals surface area contributed by atoms with Crippen molar-refractivity contribution >= 4 is 23.3 Å². The molecule has 6 heteroatoms. The molecule has 18 heavy (non-hydrogen) atoms. The van der Waals surface area contributed by atoms with Crippen molar-refractivity contribution in [2.24, 2.45) is 5.73 Å². The van der Waals surface area contributed by atoms with Crippen LogP contribution in [0.3, 0.4) is 0 Å². The van der Waals surface area contributed by atoms with Crippen LogP contribution in [0.15, 0.2) is 17.5 Å². The van der Waals surface area contributed by atoms with E-state index in [4.69, 9.17) is 5.73 Å². The van der Waals surface area contributed by atoms with Gasteiger partial charge in [-0.3, -0.25) is 15.4 Å². The van der Waals surface area contributed by atoms with Gasteiger partial charge >= 0.3 is 6.03 Å². The topological polar surface area (TPSA) is 84.2 Å². The maximum atomic E-state index is 11.6. The predicted octanol–water partition coefficient (Wildman–Crippen LogP) is 1.76. The van der Waals surface area contributed by atoms with Gasteiger partial charge in [0.2, 0.25) is 5.91 Å². The van der Waals surface area contributed by atoms with Gasteiger partial charge in [-0.1, -0.05) is 19.4 Å². The summed E-state index contributed by atoms with van der Waals surface area (Å²) in [6.45, 7) is 3.81. The van der Waals surface area contributed by atoms with Gasteiger partial charge in [0.25, 0.3) is 0 Å². The van der Waals surface area contributed by atoms with Crippen LogP contribution in [-0.4, -0.2) is 18.0 Å². The highest BCUT2D eigenvalue weighted by Gasteiger charge is 2.19. The molecule has 0 radical (unpaired) electrons. The van der Waals surface area contributed by atoms with Crippen molar-refractivity contribution in [2.75, 3.05) is 0 Å². The fraction of sp³-hybridized carbons (Fsp3) is 0.500. The first-order valence-electron chi connectivity index (χ1n) is 5.94. The van der Waals surface area contributed by atoms with Gasteiger partial charge in [-0.2, -0.15) is 0 Å². The van der Waals surface area contributed by atoms with Gasteiger partial charge in [0.05, 0.1) is 6.04 Å². The second-order valence-corrected chi connectivity index (χ2v) is 5.08.